The van der Waals surface area contributed by atoms with E-state index in [9.17, 15) is 10.1 Å². The van der Waals surface area contributed by atoms with Gasteiger partial charge in [-0.05, 0) is 74.9 Å². The predicted octanol–water partition coefficient (Wildman–Crippen LogP) is 5.97. The molecule has 0 N–H and O–H groups in total. The Balaban J connectivity index is 1.97. The number of esters is 1. The van der Waals surface area contributed by atoms with E-state index in [1.807, 2.05) is 51.0 Å². The lowest BCUT2D eigenvalue weighted by Gasteiger charge is -2.45. The van der Waals surface area contributed by atoms with Gasteiger partial charge in [0.05, 0.1) is 11.6 Å². The minimum atomic E-state index is -0.987. The fraction of sp³-hybridized carbons (Fsp3) is 0.517. The van der Waals surface area contributed by atoms with Crippen LogP contribution in [0.5, 0.6) is 0 Å². The molecule has 1 fully saturated rings. The quantitative estimate of drug-likeness (QED) is 0.513. The van der Waals surface area contributed by atoms with Crippen LogP contribution in [0.15, 0.2) is 48.5 Å². The van der Waals surface area contributed by atoms with Crippen LogP contribution < -0.4 is 0 Å². The van der Waals surface area contributed by atoms with E-state index in [4.69, 9.17) is 4.74 Å². The third kappa shape index (κ3) is 4.70. The Bertz CT molecular complexity index is 1020. The molecule has 4 atom stereocenters. The first kappa shape index (κ1) is 25.0. The lowest BCUT2D eigenvalue weighted by Crippen LogP contribution is -2.51. The molecule has 3 rings (SSSR count). The van der Waals surface area contributed by atoms with Crippen molar-refractivity contribution in [3.8, 4) is 6.07 Å². The molecule has 0 saturated heterocycles. The molecule has 1 saturated carbocycles. The van der Waals surface area contributed by atoms with Gasteiger partial charge >= 0.3 is 5.97 Å². The van der Waals surface area contributed by atoms with E-state index in [0.29, 0.717) is 11.5 Å². The summed E-state index contributed by atoms with van der Waals surface area (Å²) in [6, 6.07) is 18.4. The van der Waals surface area contributed by atoms with Gasteiger partial charge < -0.3 is 4.74 Å². The molecular weight excluding hydrogens is 408 g/mol. The average molecular weight is 447 g/mol. The van der Waals surface area contributed by atoms with E-state index >= 15 is 0 Å². The molecule has 1 aliphatic carbocycles. The van der Waals surface area contributed by atoms with Crippen LogP contribution in [0.25, 0.3) is 0 Å². The maximum absolute atomic E-state index is 13.9. The Hall–Kier alpha value is -2.64. The number of benzene rings is 2. The van der Waals surface area contributed by atoms with Crippen molar-refractivity contribution in [3.63, 3.8) is 0 Å². The lowest BCUT2D eigenvalue weighted by molar-refractivity contribution is -0.169. The zero-order chi connectivity index (χ0) is 24.4. The second kappa shape index (κ2) is 9.69. The van der Waals surface area contributed by atoms with E-state index in [-0.39, 0.29) is 23.4 Å². The molecule has 0 unspecified atom stereocenters. The van der Waals surface area contributed by atoms with Gasteiger partial charge in [0.2, 0.25) is 0 Å². The summed E-state index contributed by atoms with van der Waals surface area (Å²) in [7, 11) is 3.79. The molecule has 176 valence electrons. The molecule has 33 heavy (non-hydrogen) atoms. The summed E-state index contributed by atoms with van der Waals surface area (Å²) in [5, 5.41) is 9.53. The number of hydrogen-bond acceptors (Lipinski definition) is 4. The van der Waals surface area contributed by atoms with Crippen molar-refractivity contribution < 1.29 is 9.53 Å². The average Bonchev–Trinajstić information content (AvgIpc) is 2.79. The van der Waals surface area contributed by atoms with Crippen LogP contribution in [0.4, 0.5) is 0 Å². The smallest absolute Gasteiger partial charge is 0.331 e. The fourth-order valence-corrected chi connectivity index (χ4v) is 5.44. The highest BCUT2D eigenvalue weighted by atomic mass is 16.5. The van der Waals surface area contributed by atoms with Crippen LogP contribution in [0.2, 0.25) is 0 Å². The highest BCUT2D eigenvalue weighted by molar-refractivity contribution is 5.83. The van der Waals surface area contributed by atoms with Crippen molar-refractivity contribution in [1.29, 1.82) is 5.26 Å². The second-order valence-electron chi connectivity index (χ2n) is 10.6. The van der Waals surface area contributed by atoms with Gasteiger partial charge in [-0.1, -0.05) is 69.7 Å². The molecule has 0 heterocycles. The highest BCUT2D eigenvalue weighted by Gasteiger charge is 2.46. The van der Waals surface area contributed by atoms with E-state index in [1.165, 1.54) is 5.56 Å². The number of nitriles is 1. The van der Waals surface area contributed by atoms with Crippen molar-refractivity contribution in [1.82, 2.24) is 4.90 Å². The van der Waals surface area contributed by atoms with Crippen LogP contribution in [0.3, 0.4) is 0 Å². The van der Waals surface area contributed by atoms with Crippen LogP contribution in [0.1, 0.15) is 69.2 Å². The van der Waals surface area contributed by atoms with Crippen LogP contribution in [0, 0.1) is 30.1 Å². The summed E-state index contributed by atoms with van der Waals surface area (Å²) in [5.41, 5.74) is 2.41. The second-order valence-corrected chi connectivity index (χ2v) is 10.6. The van der Waals surface area contributed by atoms with Gasteiger partial charge in [-0.3, -0.25) is 4.90 Å². The molecule has 4 nitrogen and oxygen atoms in total. The highest BCUT2D eigenvalue weighted by Crippen LogP contribution is 2.44. The summed E-state index contributed by atoms with van der Waals surface area (Å²) in [6.07, 6.45) is 2.88. The first-order valence-electron chi connectivity index (χ1n) is 12.0. The van der Waals surface area contributed by atoms with Gasteiger partial charge in [-0.2, -0.15) is 5.26 Å². The lowest BCUT2D eigenvalue weighted by atomic mass is 9.64. The van der Waals surface area contributed by atoms with E-state index < -0.39 is 5.54 Å². The van der Waals surface area contributed by atoms with Crippen molar-refractivity contribution in [2.24, 2.45) is 11.8 Å². The van der Waals surface area contributed by atoms with Crippen LogP contribution >= 0.6 is 0 Å². The van der Waals surface area contributed by atoms with E-state index in [1.54, 1.807) is 6.07 Å². The Labute approximate surface area is 199 Å². The number of carbonyl (C=O) groups excluding carboxylic acids is 1. The molecule has 2 aromatic rings. The summed E-state index contributed by atoms with van der Waals surface area (Å²) in [6.45, 7) is 10.6. The zero-order valence-electron chi connectivity index (χ0n) is 21.2. The number of carbonyl (C=O) groups is 1. The number of ether oxygens (including phenoxy) is 1. The van der Waals surface area contributed by atoms with Gasteiger partial charge in [-0.25, -0.2) is 4.79 Å². The van der Waals surface area contributed by atoms with Gasteiger partial charge in [0.25, 0.3) is 0 Å². The largest absolute Gasteiger partial charge is 0.460 e. The van der Waals surface area contributed by atoms with E-state index in [0.717, 1.165) is 30.4 Å². The minimum absolute atomic E-state index is 0.114. The molecule has 0 bridgehead atoms. The molecule has 0 aromatic heterocycles. The normalized spacial score (nSPS) is 22.9. The molecule has 2 aromatic carbocycles. The Morgan fingerprint density at radius 3 is 2.33 bits per heavy atom. The van der Waals surface area contributed by atoms with Gasteiger partial charge in [0, 0.05) is 5.92 Å². The molecule has 4 heteroatoms. The Kier molecular flexibility index (Phi) is 7.34. The number of hydrogen-bond donors (Lipinski definition) is 0. The summed E-state index contributed by atoms with van der Waals surface area (Å²) < 4.78 is 6.43. The molecule has 0 amide bonds. The Morgan fingerprint density at radius 2 is 1.73 bits per heavy atom. The zero-order valence-corrected chi connectivity index (χ0v) is 21.2. The third-order valence-corrected chi connectivity index (χ3v) is 8.03. The summed E-state index contributed by atoms with van der Waals surface area (Å²) >= 11 is 0. The van der Waals surface area contributed by atoms with E-state index in [2.05, 4.69) is 51.1 Å². The molecule has 1 aliphatic rings. The monoisotopic (exact) mass is 446 g/mol. The maximum atomic E-state index is 13.9. The van der Waals surface area contributed by atoms with Crippen molar-refractivity contribution >= 4 is 5.97 Å². The number of nitrogens with zero attached hydrogens (tertiary/aromatic N) is 2. The molecular formula is C29H38N2O2. The van der Waals surface area contributed by atoms with Crippen molar-refractivity contribution in [2.75, 3.05) is 14.1 Å². The summed E-state index contributed by atoms with van der Waals surface area (Å²) in [5.74, 6) is 0.497. The summed E-state index contributed by atoms with van der Waals surface area (Å²) in [4.78, 5) is 15.8. The Morgan fingerprint density at radius 1 is 1.06 bits per heavy atom. The minimum Gasteiger partial charge on any atom is -0.460 e. The van der Waals surface area contributed by atoms with Crippen LogP contribution in [-0.2, 0) is 20.5 Å². The standard InChI is InChI=1S/C29H38N2O2/c1-20-16-17-25(28(3,4)23-13-9-8-10-14-23)26(18-20)33-27(32)29(5,31(6)7)24-15-11-12-22(19-30)21(24)2/h8-15,20,25-26H,16-18H2,1-7H3/t20-,25-,26+,29+/m1/s1. The fourth-order valence-electron chi connectivity index (χ4n) is 5.44. The predicted molar refractivity (Wildman–Crippen MR) is 133 cm³/mol. The third-order valence-electron chi connectivity index (χ3n) is 8.03. The number of rotatable bonds is 6. The van der Waals surface area contributed by atoms with Crippen molar-refractivity contribution in [3.05, 3.63) is 70.8 Å². The maximum Gasteiger partial charge on any atom is 0.331 e. The van der Waals surface area contributed by atoms with Crippen molar-refractivity contribution in [2.45, 2.75) is 70.9 Å². The SMILES string of the molecule is Cc1c(C#N)cccc1[C@@](C)(C(=O)O[C@H]1C[C@H](C)CC[C@H]1C(C)(C)c1ccccc1)N(C)C. The van der Waals surface area contributed by atoms with Crippen LogP contribution in [-0.4, -0.2) is 31.1 Å². The van der Waals surface area contributed by atoms with Gasteiger partial charge in [0.15, 0.2) is 0 Å². The first-order valence-corrected chi connectivity index (χ1v) is 12.0. The molecule has 0 radical (unpaired) electrons. The van der Waals surface area contributed by atoms with Gasteiger partial charge in [-0.15, -0.1) is 0 Å². The first-order chi connectivity index (χ1) is 15.5. The number of likely N-dealkylation sites (N-methyl/N-ethyl adjacent to an activating group) is 1. The molecule has 0 aliphatic heterocycles. The molecule has 0 spiro atoms. The topological polar surface area (TPSA) is 53.3 Å². The van der Waals surface area contributed by atoms with Gasteiger partial charge in [0.1, 0.15) is 11.6 Å².